The van der Waals surface area contributed by atoms with Crippen molar-refractivity contribution in [2.45, 2.75) is 0 Å². The van der Waals surface area contributed by atoms with E-state index < -0.39 is 0 Å². The van der Waals surface area contributed by atoms with Crippen LogP contribution < -0.4 is 9.64 Å². The number of carbonyl (C=O) groups is 1. The Kier molecular flexibility index (Phi) is 5.57. The smallest absolute Gasteiger partial charge is 0.325 e. The Morgan fingerprint density at radius 3 is 2.42 bits per heavy atom. The Balaban J connectivity index is 2.96. The highest BCUT2D eigenvalue weighted by atomic mass is 16.5. The molecule has 0 radical (unpaired) electrons. The lowest BCUT2D eigenvalue weighted by atomic mass is 10.4. The lowest BCUT2D eigenvalue weighted by Gasteiger charge is -2.26. The van der Waals surface area contributed by atoms with E-state index in [0.29, 0.717) is 18.2 Å². The third kappa shape index (κ3) is 4.40. The molecular weight excluding hydrogens is 244 g/mol. The Morgan fingerprint density at radius 2 is 1.89 bits per heavy atom. The predicted octanol–water partition coefficient (Wildman–Crippen LogP) is 1.14. The van der Waals surface area contributed by atoms with Crippen molar-refractivity contribution in [2.24, 2.45) is 0 Å². The van der Waals surface area contributed by atoms with Gasteiger partial charge in [0.1, 0.15) is 5.82 Å². The van der Waals surface area contributed by atoms with Gasteiger partial charge in [0.2, 0.25) is 5.88 Å². The molecule has 1 rings (SSSR count). The number of pyridine rings is 1. The topological polar surface area (TPSA) is 48.9 Å². The number of amides is 2. The number of carbonyl (C=O) groups excluding carboxylic acids is 1. The van der Waals surface area contributed by atoms with E-state index in [0.717, 1.165) is 6.54 Å². The Bertz CT molecular complexity index is 421. The molecule has 2 amide bonds. The van der Waals surface area contributed by atoms with Crippen LogP contribution in [0.4, 0.5) is 10.6 Å². The zero-order chi connectivity index (χ0) is 14.4. The number of nitrogens with zero attached hydrogens (tertiary/aromatic N) is 4. The van der Waals surface area contributed by atoms with Gasteiger partial charge in [-0.25, -0.2) is 4.79 Å². The van der Waals surface area contributed by atoms with Crippen LogP contribution in [-0.2, 0) is 0 Å². The largest absolute Gasteiger partial charge is 0.481 e. The van der Waals surface area contributed by atoms with Crippen molar-refractivity contribution in [3.05, 3.63) is 18.2 Å². The van der Waals surface area contributed by atoms with Crippen LogP contribution in [0.5, 0.6) is 5.88 Å². The van der Waals surface area contributed by atoms with Gasteiger partial charge in [-0.3, -0.25) is 4.90 Å². The Labute approximate surface area is 114 Å². The van der Waals surface area contributed by atoms with Gasteiger partial charge in [-0.2, -0.15) is 4.98 Å². The molecule has 0 aromatic carbocycles. The van der Waals surface area contributed by atoms with Crippen molar-refractivity contribution in [3.63, 3.8) is 0 Å². The van der Waals surface area contributed by atoms with E-state index >= 15 is 0 Å². The second kappa shape index (κ2) is 6.94. The molecule has 0 fully saturated rings. The van der Waals surface area contributed by atoms with Crippen LogP contribution in [0.2, 0.25) is 0 Å². The summed E-state index contributed by atoms with van der Waals surface area (Å²) in [6, 6.07) is 5.29. The van der Waals surface area contributed by atoms with Gasteiger partial charge in [0.25, 0.3) is 0 Å². The van der Waals surface area contributed by atoms with Crippen LogP contribution in [0, 0.1) is 0 Å². The summed E-state index contributed by atoms with van der Waals surface area (Å²) in [5.41, 5.74) is 0. The molecule has 0 saturated carbocycles. The summed E-state index contributed by atoms with van der Waals surface area (Å²) in [5, 5.41) is 0. The molecule has 106 valence electrons. The van der Waals surface area contributed by atoms with Crippen molar-refractivity contribution in [2.75, 3.05) is 53.3 Å². The van der Waals surface area contributed by atoms with Crippen LogP contribution in [0.25, 0.3) is 0 Å². The number of anilines is 1. The van der Waals surface area contributed by atoms with Gasteiger partial charge in [0, 0.05) is 33.3 Å². The van der Waals surface area contributed by atoms with Gasteiger partial charge in [0.15, 0.2) is 0 Å². The standard InChI is InChI=1S/C13H22N4O2/c1-15(2)9-10-17(13(18)16(3)4)11-7-6-8-12(14-11)19-5/h6-8H,9-10H2,1-5H3. The molecule has 0 aliphatic carbocycles. The van der Waals surface area contributed by atoms with E-state index in [1.54, 1.807) is 38.2 Å². The lowest BCUT2D eigenvalue weighted by molar-refractivity contribution is 0.222. The van der Waals surface area contributed by atoms with Crippen molar-refractivity contribution >= 4 is 11.8 Å². The number of ether oxygens (including phenoxy) is 1. The zero-order valence-corrected chi connectivity index (χ0v) is 12.3. The van der Waals surface area contributed by atoms with E-state index in [1.165, 1.54) is 4.90 Å². The monoisotopic (exact) mass is 266 g/mol. The van der Waals surface area contributed by atoms with Crippen molar-refractivity contribution < 1.29 is 9.53 Å². The number of methoxy groups -OCH3 is 1. The molecule has 0 saturated heterocycles. The van der Waals surface area contributed by atoms with Gasteiger partial charge in [-0.1, -0.05) is 6.07 Å². The van der Waals surface area contributed by atoms with E-state index in [4.69, 9.17) is 4.74 Å². The molecule has 19 heavy (non-hydrogen) atoms. The Morgan fingerprint density at radius 1 is 1.21 bits per heavy atom. The lowest BCUT2D eigenvalue weighted by Crippen LogP contribution is -2.43. The Hall–Kier alpha value is -1.82. The zero-order valence-electron chi connectivity index (χ0n) is 12.3. The third-order valence-electron chi connectivity index (χ3n) is 2.58. The highest BCUT2D eigenvalue weighted by Crippen LogP contribution is 2.16. The summed E-state index contributed by atoms with van der Waals surface area (Å²) in [4.78, 5) is 21.7. The fraction of sp³-hybridized carbons (Fsp3) is 0.538. The number of likely N-dealkylation sites (N-methyl/N-ethyl adjacent to an activating group) is 1. The maximum Gasteiger partial charge on any atom is 0.325 e. The van der Waals surface area contributed by atoms with Gasteiger partial charge in [0.05, 0.1) is 7.11 Å². The van der Waals surface area contributed by atoms with Gasteiger partial charge >= 0.3 is 6.03 Å². The number of rotatable bonds is 5. The minimum atomic E-state index is -0.0948. The second-order valence-electron chi connectivity index (χ2n) is 4.67. The molecule has 0 bridgehead atoms. The summed E-state index contributed by atoms with van der Waals surface area (Å²) in [6.45, 7) is 1.34. The SMILES string of the molecule is COc1cccc(N(CCN(C)C)C(=O)N(C)C)n1. The first-order chi connectivity index (χ1) is 8.95. The van der Waals surface area contributed by atoms with Crippen molar-refractivity contribution in [1.82, 2.24) is 14.8 Å². The first-order valence-corrected chi connectivity index (χ1v) is 6.10. The summed E-state index contributed by atoms with van der Waals surface area (Å²) in [6.07, 6.45) is 0. The average Bonchev–Trinajstić information content (AvgIpc) is 2.38. The first-order valence-electron chi connectivity index (χ1n) is 6.10. The fourth-order valence-electron chi connectivity index (χ4n) is 1.52. The fourth-order valence-corrected chi connectivity index (χ4v) is 1.52. The minimum Gasteiger partial charge on any atom is -0.481 e. The molecule has 0 aliphatic heterocycles. The van der Waals surface area contributed by atoms with Crippen LogP contribution in [0.3, 0.4) is 0 Å². The predicted molar refractivity (Wildman–Crippen MR) is 75.8 cm³/mol. The molecule has 0 atom stereocenters. The second-order valence-corrected chi connectivity index (χ2v) is 4.67. The highest BCUT2D eigenvalue weighted by molar-refractivity contribution is 5.90. The van der Waals surface area contributed by atoms with Crippen molar-refractivity contribution in [3.8, 4) is 5.88 Å². The average molecular weight is 266 g/mol. The summed E-state index contributed by atoms with van der Waals surface area (Å²) in [7, 11) is 8.95. The summed E-state index contributed by atoms with van der Waals surface area (Å²) >= 11 is 0. The molecular formula is C13H22N4O2. The molecule has 0 N–H and O–H groups in total. The molecule has 1 aromatic heterocycles. The molecule has 1 aromatic rings. The van der Waals surface area contributed by atoms with Crippen molar-refractivity contribution in [1.29, 1.82) is 0 Å². The molecule has 1 heterocycles. The number of hydrogen-bond acceptors (Lipinski definition) is 4. The molecule has 0 aliphatic rings. The summed E-state index contributed by atoms with van der Waals surface area (Å²) in [5.74, 6) is 1.10. The number of urea groups is 1. The van der Waals surface area contributed by atoms with E-state index in [-0.39, 0.29) is 6.03 Å². The first kappa shape index (κ1) is 15.2. The van der Waals surface area contributed by atoms with E-state index in [2.05, 4.69) is 4.98 Å². The van der Waals surface area contributed by atoms with Crippen LogP contribution in [0.1, 0.15) is 0 Å². The minimum absolute atomic E-state index is 0.0948. The van der Waals surface area contributed by atoms with E-state index in [1.807, 2.05) is 25.1 Å². The number of aromatic nitrogens is 1. The molecule has 0 unspecified atom stereocenters. The van der Waals surface area contributed by atoms with Crippen LogP contribution in [-0.4, -0.2) is 69.2 Å². The third-order valence-corrected chi connectivity index (χ3v) is 2.58. The van der Waals surface area contributed by atoms with Crippen LogP contribution >= 0.6 is 0 Å². The highest BCUT2D eigenvalue weighted by Gasteiger charge is 2.19. The maximum atomic E-state index is 12.2. The van der Waals surface area contributed by atoms with Crippen LogP contribution in [0.15, 0.2) is 18.2 Å². The molecule has 6 heteroatoms. The number of hydrogen-bond donors (Lipinski definition) is 0. The van der Waals surface area contributed by atoms with Gasteiger partial charge in [-0.05, 0) is 20.2 Å². The maximum absolute atomic E-state index is 12.2. The molecule has 0 spiro atoms. The van der Waals surface area contributed by atoms with E-state index in [9.17, 15) is 4.79 Å². The summed E-state index contributed by atoms with van der Waals surface area (Å²) < 4.78 is 5.10. The van der Waals surface area contributed by atoms with Gasteiger partial charge < -0.3 is 14.5 Å². The normalized spacial score (nSPS) is 10.4. The quantitative estimate of drug-likeness (QED) is 0.802. The van der Waals surface area contributed by atoms with Gasteiger partial charge in [-0.15, -0.1) is 0 Å². The molecule has 6 nitrogen and oxygen atoms in total.